The van der Waals surface area contributed by atoms with E-state index in [-0.39, 0.29) is 5.75 Å². The van der Waals surface area contributed by atoms with Crippen LogP contribution < -0.4 is 9.64 Å². The number of piperazine rings is 1. The number of methoxy groups -OCH3 is 1. The van der Waals surface area contributed by atoms with E-state index in [2.05, 4.69) is 0 Å². The average molecular weight is 256 g/mol. The van der Waals surface area contributed by atoms with Gasteiger partial charge in [0, 0.05) is 38.3 Å². The number of nitrogens with zero attached hydrogens (tertiary/aromatic N) is 2. The van der Waals surface area contributed by atoms with Gasteiger partial charge in [-0.25, -0.2) is 8.78 Å². The summed E-state index contributed by atoms with van der Waals surface area (Å²) >= 11 is 0. The molecule has 1 saturated heterocycles. The fourth-order valence-electron chi connectivity index (χ4n) is 2.05. The van der Waals surface area contributed by atoms with Crippen molar-refractivity contribution in [2.45, 2.75) is 0 Å². The van der Waals surface area contributed by atoms with Gasteiger partial charge in [-0.2, -0.15) is 0 Å². The minimum Gasteiger partial charge on any atom is -0.492 e. The van der Waals surface area contributed by atoms with Crippen LogP contribution in [0, 0.1) is 11.6 Å². The molecule has 0 spiro atoms. The molecule has 1 aromatic rings. The summed E-state index contributed by atoms with van der Waals surface area (Å²) in [5, 5.41) is 0. The van der Waals surface area contributed by atoms with E-state index in [0.29, 0.717) is 31.9 Å². The first-order chi connectivity index (χ1) is 8.65. The molecule has 1 aliphatic rings. The SMILES string of the molecule is COc1c(F)cc(F)cc1N1CCN(C=O)CC1. The van der Waals surface area contributed by atoms with Gasteiger partial charge in [-0.05, 0) is 0 Å². The summed E-state index contributed by atoms with van der Waals surface area (Å²) in [7, 11) is 1.35. The molecule has 0 N–H and O–H groups in total. The smallest absolute Gasteiger partial charge is 0.209 e. The van der Waals surface area contributed by atoms with Crippen molar-refractivity contribution in [1.82, 2.24) is 4.90 Å². The fraction of sp³-hybridized carbons (Fsp3) is 0.417. The molecule has 1 aromatic carbocycles. The second-order valence-electron chi connectivity index (χ2n) is 4.07. The Morgan fingerprint density at radius 2 is 1.89 bits per heavy atom. The summed E-state index contributed by atoms with van der Waals surface area (Å²) in [6.45, 7) is 2.12. The molecule has 1 amide bonds. The predicted molar refractivity (Wildman–Crippen MR) is 62.8 cm³/mol. The normalized spacial score (nSPS) is 15.7. The van der Waals surface area contributed by atoms with Crippen LogP contribution in [0.5, 0.6) is 5.75 Å². The molecule has 2 rings (SSSR count). The van der Waals surface area contributed by atoms with E-state index < -0.39 is 11.6 Å². The number of hydrogen-bond acceptors (Lipinski definition) is 3. The van der Waals surface area contributed by atoms with Crippen LogP contribution in [-0.4, -0.2) is 44.6 Å². The van der Waals surface area contributed by atoms with Gasteiger partial charge in [-0.15, -0.1) is 0 Å². The maximum Gasteiger partial charge on any atom is 0.209 e. The first-order valence-corrected chi connectivity index (χ1v) is 5.63. The van der Waals surface area contributed by atoms with Crippen molar-refractivity contribution in [3.05, 3.63) is 23.8 Å². The van der Waals surface area contributed by atoms with Gasteiger partial charge in [0.25, 0.3) is 0 Å². The Balaban J connectivity index is 2.25. The van der Waals surface area contributed by atoms with Gasteiger partial charge in [0.1, 0.15) is 5.82 Å². The first kappa shape index (κ1) is 12.6. The Morgan fingerprint density at radius 3 is 2.44 bits per heavy atom. The second kappa shape index (κ2) is 5.20. The van der Waals surface area contributed by atoms with E-state index in [9.17, 15) is 13.6 Å². The largest absolute Gasteiger partial charge is 0.492 e. The molecule has 0 bridgehead atoms. The lowest BCUT2D eigenvalue weighted by atomic mass is 10.2. The van der Waals surface area contributed by atoms with Gasteiger partial charge in [-0.3, -0.25) is 4.79 Å². The van der Waals surface area contributed by atoms with Crippen LogP contribution in [-0.2, 0) is 4.79 Å². The molecule has 4 nitrogen and oxygen atoms in total. The van der Waals surface area contributed by atoms with Crippen LogP contribution in [0.4, 0.5) is 14.5 Å². The highest BCUT2D eigenvalue weighted by Gasteiger charge is 2.21. The third-order valence-corrected chi connectivity index (χ3v) is 3.00. The summed E-state index contributed by atoms with van der Waals surface area (Å²) in [5.41, 5.74) is 0.389. The number of amides is 1. The van der Waals surface area contributed by atoms with E-state index in [4.69, 9.17) is 4.74 Å². The van der Waals surface area contributed by atoms with E-state index >= 15 is 0 Å². The van der Waals surface area contributed by atoms with Crippen LogP contribution in [0.25, 0.3) is 0 Å². The molecule has 0 unspecified atom stereocenters. The third kappa shape index (κ3) is 2.37. The maximum atomic E-state index is 13.6. The Labute approximate surface area is 104 Å². The van der Waals surface area contributed by atoms with Crippen molar-refractivity contribution in [3.63, 3.8) is 0 Å². The highest BCUT2D eigenvalue weighted by Crippen LogP contribution is 2.32. The number of halogens is 2. The van der Waals surface area contributed by atoms with E-state index in [1.165, 1.54) is 13.2 Å². The molecule has 6 heteroatoms. The fourth-order valence-corrected chi connectivity index (χ4v) is 2.05. The van der Waals surface area contributed by atoms with Crippen molar-refractivity contribution in [3.8, 4) is 5.75 Å². The molecule has 1 heterocycles. The Kier molecular flexibility index (Phi) is 3.64. The zero-order chi connectivity index (χ0) is 13.1. The highest BCUT2D eigenvalue weighted by molar-refractivity contribution is 5.60. The van der Waals surface area contributed by atoms with Crippen molar-refractivity contribution in [2.75, 3.05) is 38.2 Å². The van der Waals surface area contributed by atoms with Gasteiger partial charge >= 0.3 is 0 Å². The Morgan fingerprint density at radius 1 is 1.22 bits per heavy atom. The molecule has 0 radical (unpaired) electrons. The quantitative estimate of drug-likeness (QED) is 0.763. The molecular weight excluding hydrogens is 242 g/mol. The lowest BCUT2D eigenvalue weighted by Gasteiger charge is -2.34. The van der Waals surface area contributed by atoms with Crippen molar-refractivity contribution < 1.29 is 18.3 Å². The molecule has 18 heavy (non-hydrogen) atoms. The summed E-state index contributed by atoms with van der Waals surface area (Å²) < 4.78 is 31.8. The lowest BCUT2D eigenvalue weighted by molar-refractivity contribution is -0.118. The van der Waals surface area contributed by atoms with E-state index in [1.54, 1.807) is 4.90 Å². The molecule has 0 saturated carbocycles. The van der Waals surface area contributed by atoms with Gasteiger partial charge in [0.05, 0.1) is 12.8 Å². The molecule has 98 valence electrons. The first-order valence-electron chi connectivity index (χ1n) is 5.63. The van der Waals surface area contributed by atoms with Crippen molar-refractivity contribution in [2.24, 2.45) is 0 Å². The zero-order valence-corrected chi connectivity index (χ0v) is 10.0. The van der Waals surface area contributed by atoms with E-state index in [0.717, 1.165) is 12.5 Å². The Hall–Kier alpha value is -1.85. The maximum absolute atomic E-state index is 13.6. The standard InChI is InChI=1S/C12H14F2N2O2/c1-18-12-10(14)6-9(13)7-11(12)16-4-2-15(8-17)3-5-16/h6-8H,2-5H2,1H3. The van der Waals surface area contributed by atoms with Gasteiger partial charge < -0.3 is 14.5 Å². The van der Waals surface area contributed by atoms with Gasteiger partial charge in [0.2, 0.25) is 6.41 Å². The van der Waals surface area contributed by atoms with E-state index in [1.807, 2.05) is 4.90 Å². The predicted octanol–water partition coefficient (Wildman–Crippen LogP) is 1.25. The molecule has 1 fully saturated rings. The van der Waals surface area contributed by atoms with Crippen molar-refractivity contribution in [1.29, 1.82) is 0 Å². The summed E-state index contributed by atoms with van der Waals surface area (Å²) in [5.74, 6) is -1.32. The topological polar surface area (TPSA) is 32.8 Å². The van der Waals surface area contributed by atoms with Crippen LogP contribution in [0.2, 0.25) is 0 Å². The average Bonchev–Trinajstić information content (AvgIpc) is 2.38. The summed E-state index contributed by atoms with van der Waals surface area (Å²) in [6.07, 6.45) is 0.779. The summed E-state index contributed by atoms with van der Waals surface area (Å²) in [6, 6.07) is 2.04. The molecular formula is C12H14F2N2O2. The number of benzene rings is 1. The minimum atomic E-state index is -0.717. The van der Waals surface area contributed by atoms with Gasteiger partial charge in [0.15, 0.2) is 11.6 Å². The van der Waals surface area contributed by atoms with Gasteiger partial charge in [-0.1, -0.05) is 0 Å². The number of anilines is 1. The highest BCUT2D eigenvalue weighted by atomic mass is 19.1. The third-order valence-electron chi connectivity index (χ3n) is 3.00. The number of rotatable bonds is 3. The number of ether oxygens (including phenoxy) is 1. The summed E-state index contributed by atoms with van der Waals surface area (Å²) in [4.78, 5) is 14.0. The number of hydrogen-bond donors (Lipinski definition) is 0. The second-order valence-corrected chi connectivity index (χ2v) is 4.07. The monoisotopic (exact) mass is 256 g/mol. The number of carbonyl (C=O) groups excluding carboxylic acids is 1. The zero-order valence-electron chi connectivity index (χ0n) is 10.0. The minimum absolute atomic E-state index is 0.0379. The molecule has 1 aliphatic heterocycles. The Bertz CT molecular complexity index is 446. The van der Waals surface area contributed by atoms with Crippen LogP contribution in [0.15, 0.2) is 12.1 Å². The van der Waals surface area contributed by atoms with Crippen LogP contribution >= 0.6 is 0 Å². The van der Waals surface area contributed by atoms with Crippen LogP contribution in [0.1, 0.15) is 0 Å². The van der Waals surface area contributed by atoms with Crippen LogP contribution in [0.3, 0.4) is 0 Å². The number of carbonyl (C=O) groups is 1. The lowest BCUT2D eigenvalue weighted by Crippen LogP contribution is -2.45. The molecule has 0 atom stereocenters. The molecule has 0 aromatic heterocycles. The molecule has 0 aliphatic carbocycles. The van der Waals surface area contributed by atoms with Crippen molar-refractivity contribution >= 4 is 12.1 Å².